The third kappa shape index (κ3) is 21.6. The van der Waals surface area contributed by atoms with Crippen molar-refractivity contribution in [3.8, 4) is 143 Å². The summed E-state index contributed by atoms with van der Waals surface area (Å²) in [7, 11) is 0. The van der Waals surface area contributed by atoms with Crippen molar-refractivity contribution in [2.45, 2.75) is 41.5 Å². The highest BCUT2D eigenvalue weighted by molar-refractivity contribution is 7.19. The van der Waals surface area contributed by atoms with E-state index < -0.39 is 0 Å². The van der Waals surface area contributed by atoms with Gasteiger partial charge < -0.3 is 0 Å². The molecule has 0 aliphatic rings. The van der Waals surface area contributed by atoms with Crippen molar-refractivity contribution < 1.29 is 0 Å². The van der Waals surface area contributed by atoms with Crippen molar-refractivity contribution in [2.24, 2.45) is 0 Å². The lowest BCUT2D eigenvalue weighted by atomic mass is 9.84. The van der Waals surface area contributed by atoms with Crippen LogP contribution in [0.3, 0.4) is 0 Å². The lowest BCUT2D eigenvalue weighted by Crippen LogP contribution is -1.95. The average Bonchev–Trinajstić information content (AvgIpc) is 0.940. The van der Waals surface area contributed by atoms with Crippen molar-refractivity contribution in [2.75, 3.05) is 0 Å². The van der Waals surface area contributed by atoms with E-state index in [1.54, 1.807) is 11.3 Å². The van der Waals surface area contributed by atoms with Gasteiger partial charge in [0.2, 0.25) is 0 Å². The molecule has 3 aromatic heterocycles. The van der Waals surface area contributed by atoms with Gasteiger partial charge in [0.15, 0.2) is 5.82 Å². The van der Waals surface area contributed by atoms with Crippen LogP contribution >= 0.6 is 22.7 Å². The maximum atomic E-state index is 4.98. The van der Waals surface area contributed by atoms with Crippen LogP contribution in [-0.2, 0) is 0 Å². The summed E-state index contributed by atoms with van der Waals surface area (Å²) < 4.78 is 0. The molecule has 27 rings (SSSR count). The minimum atomic E-state index is 0.750. The van der Waals surface area contributed by atoms with E-state index in [1.807, 2.05) is 59.9 Å². The first-order chi connectivity index (χ1) is 73.8. The van der Waals surface area contributed by atoms with Gasteiger partial charge in [-0.05, 0) is 236 Å². The van der Waals surface area contributed by atoms with Crippen LogP contribution in [0.2, 0.25) is 0 Å². The minimum Gasteiger partial charge on any atom is -0.235 e. The minimum absolute atomic E-state index is 0.750. The molecule has 150 heavy (non-hydrogen) atoms. The molecule has 24 aromatic carbocycles. The normalized spacial score (nSPS) is 11.0. The second-order valence-electron chi connectivity index (χ2n) is 38.4. The van der Waals surface area contributed by atoms with Gasteiger partial charge in [-0.3, -0.25) is 0 Å². The Balaban J connectivity index is 0.000000102. The predicted molar refractivity (Wildman–Crippen MR) is 647 cm³/mol. The number of hydrogen-bond acceptors (Lipinski definition) is 5. The smallest absolute Gasteiger partial charge is 0.160 e. The maximum Gasteiger partial charge on any atom is 0.160 e. The monoisotopic (exact) mass is 1960 g/mol. The van der Waals surface area contributed by atoms with Crippen LogP contribution in [0.15, 0.2) is 552 Å². The highest BCUT2D eigenvalue weighted by Gasteiger charge is 2.22. The van der Waals surface area contributed by atoms with Crippen molar-refractivity contribution in [3.63, 3.8) is 0 Å². The quantitative estimate of drug-likeness (QED) is 0.108. The van der Waals surface area contributed by atoms with Crippen molar-refractivity contribution in [1.29, 1.82) is 0 Å². The fourth-order valence-corrected chi connectivity index (χ4v) is 22.3. The number of benzene rings is 24. The molecule has 0 radical (unpaired) electrons. The van der Waals surface area contributed by atoms with E-state index in [-0.39, 0.29) is 0 Å². The molecular weight excluding hydrogens is 1850 g/mol. The van der Waals surface area contributed by atoms with E-state index in [2.05, 4.69) is 545 Å². The van der Waals surface area contributed by atoms with Gasteiger partial charge in [0, 0.05) is 37.6 Å². The summed E-state index contributed by atoms with van der Waals surface area (Å²) in [5.74, 6) is 0.750. The van der Waals surface area contributed by atoms with Crippen molar-refractivity contribution in [3.05, 3.63) is 585 Å². The zero-order chi connectivity index (χ0) is 102. The van der Waals surface area contributed by atoms with Crippen LogP contribution < -0.4 is 0 Å². The van der Waals surface area contributed by atoms with E-state index in [1.165, 1.54) is 212 Å². The molecule has 0 N–H and O–H groups in total. The molecule has 0 aliphatic heterocycles. The van der Waals surface area contributed by atoms with Crippen molar-refractivity contribution >= 4 is 109 Å². The lowest BCUT2D eigenvalue weighted by molar-refractivity contribution is 1.18. The summed E-state index contributed by atoms with van der Waals surface area (Å²) in [4.78, 5) is 18.5. The van der Waals surface area contributed by atoms with Gasteiger partial charge in [0.25, 0.3) is 0 Å². The highest BCUT2D eigenvalue weighted by Crippen LogP contribution is 2.49. The number of thiophene rings is 1. The standard InChI is InChI=1S/C31H22.C27H20.C23H18N2.C22H17NS.C21H16S.C21H16/c1-21-17-19-23(20-18-21)30-26-12-4-6-14-28(26)31(29-15-7-5-13-27(29)30)25-16-8-10-22-9-2-3-11-24(22)25;1-19-15-17-21(18-16-19)27-24-13-7-5-11-22(24)26(20-9-3-2-4-10-20)23-12-6-8-14-25(23)27;1-17-12-14-20(15-13-17)23-24-21(18-8-4-2-5-9-18)16-22(25-23)19-10-6-3-7-11-19;1-16-12-14-19(15-13-16)22-23-20(17-8-4-2-5-9-17)21(24-22)18-10-6-3-7-11-18;1-15-7-8-18-14-19(10-9-17(18)13-15)21-12-11-20(22-21)16-5-3-2-4-6-16;1-15-6-7-19-14-21(11-10-18(19)12-15)20-9-8-16-4-2-3-5-17(16)13-20/h2-20H,1H3;2-18H,1H3;2-16H,1H3;2-15H,1H3;2-14H,1H3;2-14H,1H3. The van der Waals surface area contributed by atoms with E-state index in [9.17, 15) is 0 Å². The Hall–Kier alpha value is -18.2. The fraction of sp³-hybridized carbons (Fsp3) is 0.0414. The molecule has 5 heteroatoms. The van der Waals surface area contributed by atoms with E-state index in [0.29, 0.717) is 0 Å². The Labute approximate surface area is 886 Å². The number of nitrogens with zero attached hydrogens (tertiary/aromatic N) is 3. The predicted octanol–water partition coefficient (Wildman–Crippen LogP) is 41.2. The van der Waals surface area contributed by atoms with Gasteiger partial charge in [-0.1, -0.05) is 549 Å². The second-order valence-corrected chi connectivity index (χ2v) is 40.5. The zero-order valence-electron chi connectivity index (χ0n) is 84.7. The molecule has 0 saturated carbocycles. The first-order valence-electron chi connectivity index (χ1n) is 51.3. The van der Waals surface area contributed by atoms with Crippen LogP contribution in [0.25, 0.3) is 229 Å². The molecule has 27 aromatic rings. The van der Waals surface area contributed by atoms with Gasteiger partial charge in [0.05, 0.1) is 22.0 Å². The topological polar surface area (TPSA) is 38.7 Å². The molecule has 0 aliphatic carbocycles. The van der Waals surface area contributed by atoms with Gasteiger partial charge in [-0.25, -0.2) is 15.0 Å². The molecule has 0 atom stereocenters. The van der Waals surface area contributed by atoms with Gasteiger partial charge >= 0.3 is 0 Å². The van der Waals surface area contributed by atoms with E-state index in [4.69, 9.17) is 15.0 Å². The molecule has 0 fully saturated rings. The zero-order valence-corrected chi connectivity index (χ0v) is 86.3. The Morgan fingerprint density at radius 1 is 0.153 bits per heavy atom. The van der Waals surface area contributed by atoms with Gasteiger partial charge in [-0.15, -0.1) is 22.7 Å². The van der Waals surface area contributed by atoms with Crippen LogP contribution in [0.4, 0.5) is 0 Å². The summed E-state index contributed by atoms with van der Waals surface area (Å²) in [6, 6.07) is 196. The molecule has 3 heterocycles. The second kappa shape index (κ2) is 44.8. The molecule has 3 nitrogen and oxygen atoms in total. The number of aryl methyl sites for hydroxylation is 6. The Morgan fingerprint density at radius 3 is 0.880 bits per heavy atom. The fourth-order valence-electron chi connectivity index (χ4n) is 20.2. The summed E-state index contributed by atoms with van der Waals surface area (Å²) in [5.41, 5.74) is 32.9. The first-order valence-corrected chi connectivity index (χ1v) is 52.9. The molecule has 0 unspecified atom stereocenters. The largest absolute Gasteiger partial charge is 0.235 e. The van der Waals surface area contributed by atoms with Crippen LogP contribution in [0, 0.1) is 41.5 Å². The number of hydrogen-bond donors (Lipinski definition) is 0. The van der Waals surface area contributed by atoms with E-state index in [0.717, 1.165) is 50.2 Å². The molecule has 0 spiro atoms. The van der Waals surface area contributed by atoms with Gasteiger partial charge in [-0.2, -0.15) is 0 Å². The summed E-state index contributed by atoms with van der Waals surface area (Å²) in [6.45, 7) is 12.7. The van der Waals surface area contributed by atoms with Crippen molar-refractivity contribution in [1.82, 2.24) is 15.0 Å². The van der Waals surface area contributed by atoms with Gasteiger partial charge in [0.1, 0.15) is 5.01 Å². The molecule has 0 bridgehead atoms. The maximum absolute atomic E-state index is 4.98. The molecule has 716 valence electrons. The third-order valence-electron chi connectivity index (χ3n) is 27.9. The van der Waals surface area contributed by atoms with Crippen LogP contribution in [-0.4, -0.2) is 15.0 Å². The van der Waals surface area contributed by atoms with Crippen LogP contribution in [0.1, 0.15) is 33.4 Å². The number of fused-ring (bicyclic) bond motifs is 8. The SMILES string of the molecule is Cc1ccc(-c2c3ccccc3c(-c3cccc4ccccc34)c3ccccc23)cc1.Cc1ccc(-c2c3ccccc3c(-c3ccccc3)c3ccccc23)cc1.Cc1ccc(-c2nc(-c3ccccc3)c(-c3ccccc3)s2)cc1.Cc1ccc(-c2nc(-c3ccccc3)cc(-c3ccccc3)n2)cc1.Cc1ccc2cc(-c3ccc(-c4ccccc4)s3)ccc2c1.Cc1ccc2cc(-c3ccc4ccccc4c3)ccc2c1. The average molecular weight is 1960 g/mol. The molecule has 0 amide bonds. The molecule has 0 saturated heterocycles. The van der Waals surface area contributed by atoms with Crippen LogP contribution in [0.5, 0.6) is 0 Å². The number of aromatic nitrogens is 3. The summed E-state index contributed by atoms with van der Waals surface area (Å²) in [5, 5.41) is 21.8. The Kier molecular flexibility index (Phi) is 28.8. The lowest BCUT2D eigenvalue weighted by Gasteiger charge is -2.18. The number of thiazole rings is 1. The first kappa shape index (κ1) is 96.6. The Morgan fingerprint density at radius 2 is 0.440 bits per heavy atom. The van der Waals surface area contributed by atoms with E-state index >= 15 is 0 Å². The highest BCUT2D eigenvalue weighted by atomic mass is 32.1. The molecular formula is C145H109N3S2. The Bertz CT molecular complexity index is 9200. The third-order valence-corrected chi connectivity index (χ3v) is 30.2. The summed E-state index contributed by atoms with van der Waals surface area (Å²) >= 11 is 3.61. The number of rotatable bonds is 13. The summed E-state index contributed by atoms with van der Waals surface area (Å²) in [6.07, 6.45) is 0.